The second-order valence-corrected chi connectivity index (χ2v) is 5.85. The summed E-state index contributed by atoms with van der Waals surface area (Å²) in [5, 5.41) is 14.7. The number of aliphatic hydroxyl groups is 1. The van der Waals surface area contributed by atoms with Crippen LogP contribution in [-0.2, 0) is 6.61 Å². The van der Waals surface area contributed by atoms with Crippen LogP contribution in [0, 0.1) is 0 Å². The van der Waals surface area contributed by atoms with Crippen molar-refractivity contribution in [1.82, 2.24) is 0 Å². The monoisotopic (exact) mass is 272 g/mol. The SMILES string of the molecule is OCc1ccsc1C=Cc1csc2ccccc12. The van der Waals surface area contributed by atoms with E-state index >= 15 is 0 Å². The summed E-state index contributed by atoms with van der Waals surface area (Å²) >= 11 is 3.42. The zero-order valence-corrected chi connectivity index (χ0v) is 11.3. The third kappa shape index (κ3) is 2.12. The summed E-state index contributed by atoms with van der Waals surface area (Å²) in [6.07, 6.45) is 4.22. The standard InChI is InChI=1S/C15H12OS2/c16-9-11-7-8-17-14(11)6-5-12-10-18-15-4-2-1-3-13(12)15/h1-8,10,16H,9H2. The van der Waals surface area contributed by atoms with E-state index in [1.807, 2.05) is 11.4 Å². The Labute approximate surface area is 114 Å². The summed E-state index contributed by atoms with van der Waals surface area (Å²) < 4.78 is 1.31. The molecule has 1 nitrogen and oxygen atoms in total. The summed E-state index contributed by atoms with van der Waals surface area (Å²) in [7, 11) is 0. The van der Waals surface area contributed by atoms with Crippen molar-refractivity contribution in [3.05, 3.63) is 57.1 Å². The van der Waals surface area contributed by atoms with Gasteiger partial charge < -0.3 is 5.11 Å². The van der Waals surface area contributed by atoms with Gasteiger partial charge >= 0.3 is 0 Å². The predicted molar refractivity (Wildman–Crippen MR) is 81.0 cm³/mol. The van der Waals surface area contributed by atoms with Gasteiger partial charge in [-0.2, -0.15) is 0 Å². The molecule has 1 aromatic carbocycles. The van der Waals surface area contributed by atoms with Crippen LogP contribution in [-0.4, -0.2) is 5.11 Å². The first-order chi connectivity index (χ1) is 8.88. The molecule has 0 atom stereocenters. The number of hydrogen-bond donors (Lipinski definition) is 1. The van der Waals surface area contributed by atoms with Crippen molar-refractivity contribution < 1.29 is 5.11 Å². The average Bonchev–Trinajstić information content (AvgIpc) is 3.02. The topological polar surface area (TPSA) is 20.2 Å². The highest BCUT2D eigenvalue weighted by Crippen LogP contribution is 2.28. The molecule has 0 spiro atoms. The quantitative estimate of drug-likeness (QED) is 0.737. The minimum Gasteiger partial charge on any atom is -0.392 e. The van der Waals surface area contributed by atoms with Gasteiger partial charge in [0, 0.05) is 9.58 Å². The van der Waals surface area contributed by atoms with Crippen LogP contribution >= 0.6 is 22.7 Å². The molecule has 18 heavy (non-hydrogen) atoms. The third-order valence-electron chi connectivity index (χ3n) is 2.88. The summed E-state index contributed by atoms with van der Waals surface area (Å²) in [5.74, 6) is 0. The van der Waals surface area contributed by atoms with E-state index in [2.05, 4.69) is 41.8 Å². The Morgan fingerprint density at radius 3 is 2.83 bits per heavy atom. The van der Waals surface area contributed by atoms with E-state index in [0.29, 0.717) is 0 Å². The minimum atomic E-state index is 0.105. The molecule has 2 aromatic heterocycles. The van der Waals surface area contributed by atoms with Gasteiger partial charge in [0.25, 0.3) is 0 Å². The number of fused-ring (bicyclic) bond motifs is 1. The Hall–Kier alpha value is -1.42. The molecule has 3 rings (SSSR count). The Morgan fingerprint density at radius 1 is 1.06 bits per heavy atom. The van der Waals surface area contributed by atoms with E-state index in [4.69, 9.17) is 0 Å². The van der Waals surface area contributed by atoms with Crippen molar-refractivity contribution in [3.63, 3.8) is 0 Å². The minimum absolute atomic E-state index is 0.105. The number of aliphatic hydroxyl groups excluding tert-OH is 1. The molecule has 0 amide bonds. The largest absolute Gasteiger partial charge is 0.392 e. The lowest BCUT2D eigenvalue weighted by Crippen LogP contribution is -1.79. The van der Waals surface area contributed by atoms with Crippen molar-refractivity contribution >= 4 is 44.9 Å². The molecule has 3 aromatic rings. The summed E-state index contributed by atoms with van der Waals surface area (Å²) in [6.45, 7) is 0.105. The van der Waals surface area contributed by atoms with Gasteiger partial charge in [-0.15, -0.1) is 22.7 Å². The molecular weight excluding hydrogens is 260 g/mol. The first kappa shape index (κ1) is 11.7. The Balaban J connectivity index is 1.97. The molecule has 0 bridgehead atoms. The van der Waals surface area contributed by atoms with Crippen LogP contribution < -0.4 is 0 Å². The molecule has 0 unspecified atom stereocenters. The van der Waals surface area contributed by atoms with E-state index in [9.17, 15) is 5.11 Å². The molecule has 2 heterocycles. The molecule has 0 aliphatic carbocycles. The van der Waals surface area contributed by atoms with E-state index in [1.165, 1.54) is 15.6 Å². The molecule has 90 valence electrons. The zero-order chi connectivity index (χ0) is 12.4. The number of hydrogen-bond acceptors (Lipinski definition) is 3. The summed E-state index contributed by atoms with van der Waals surface area (Å²) in [6, 6.07) is 10.4. The van der Waals surface area contributed by atoms with E-state index in [0.717, 1.165) is 10.4 Å². The number of rotatable bonds is 3. The van der Waals surface area contributed by atoms with Crippen molar-refractivity contribution in [2.45, 2.75) is 6.61 Å². The predicted octanol–water partition coefficient (Wildman–Crippen LogP) is 4.63. The average molecular weight is 272 g/mol. The van der Waals surface area contributed by atoms with Gasteiger partial charge in [0.05, 0.1) is 6.61 Å². The molecular formula is C15H12OS2. The van der Waals surface area contributed by atoms with Gasteiger partial charge in [-0.1, -0.05) is 24.3 Å². The smallest absolute Gasteiger partial charge is 0.0695 e. The molecule has 3 heteroatoms. The molecule has 0 aliphatic rings. The van der Waals surface area contributed by atoms with Crippen molar-refractivity contribution in [3.8, 4) is 0 Å². The molecule has 1 N–H and O–H groups in total. The maximum Gasteiger partial charge on any atom is 0.0695 e. The fourth-order valence-corrected chi connectivity index (χ4v) is 3.66. The lowest BCUT2D eigenvalue weighted by Gasteiger charge is -1.94. The first-order valence-corrected chi connectivity index (χ1v) is 7.46. The van der Waals surface area contributed by atoms with E-state index in [-0.39, 0.29) is 6.61 Å². The van der Waals surface area contributed by atoms with Crippen LogP contribution in [0.5, 0.6) is 0 Å². The Morgan fingerprint density at radius 2 is 1.94 bits per heavy atom. The van der Waals surface area contributed by atoms with Crippen molar-refractivity contribution in [2.75, 3.05) is 0 Å². The van der Waals surface area contributed by atoms with Crippen LogP contribution in [0.15, 0.2) is 41.1 Å². The number of thiophene rings is 2. The molecule has 0 radical (unpaired) electrons. The maximum absolute atomic E-state index is 9.21. The van der Waals surface area contributed by atoms with E-state index in [1.54, 1.807) is 22.7 Å². The van der Waals surface area contributed by atoms with Crippen LogP contribution in [0.25, 0.3) is 22.2 Å². The van der Waals surface area contributed by atoms with E-state index < -0.39 is 0 Å². The fourth-order valence-electron chi connectivity index (χ4n) is 1.92. The molecule has 0 aliphatic heterocycles. The Kier molecular flexibility index (Phi) is 3.28. The Bertz CT molecular complexity index is 691. The molecule has 0 saturated heterocycles. The fraction of sp³-hybridized carbons (Fsp3) is 0.0667. The van der Waals surface area contributed by atoms with Crippen LogP contribution in [0.3, 0.4) is 0 Å². The van der Waals surface area contributed by atoms with Gasteiger partial charge in [-0.05, 0) is 45.5 Å². The first-order valence-electron chi connectivity index (χ1n) is 5.70. The summed E-state index contributed by atoms with van der Waals surface area (Å²) in [5.41, 5.74) is 2.24. The van der Waals surface area contributed by atoms with Gasteiger partial charge in [0.1, 0.15) is 0 Å². The van der Waals surface area contributed by atoms with Gasteiger partial charge in [-0.3, -0.25) is 0 Å². The number of benzene rings is 1. The van der Waals surface area contributed by atoms with Gasteiger partial charge in [0.15, 0.2) is 0 Å². The maximum atomic E-state index is 9.21. The van der Waals surface area contributed by atoms with Crippen LogP contribution in [0.1, 0.15) is 16.0 Å². The highest BCUT2D eigenvalue weighted by Gasteiger charge is 2.02. The highest BCUT2D eigenvalue weighted by atomic mass is 32.1. The third-order valence-corrected chi connectivity index (χ3v) is 4.78. The molecule has 0 saturated carbocycles. The van der Waals surface area contributed by atoms with Crippen molar-refractivity contribution in [1.29, 1.82) is 0 Å². The van der Waals surface area contributed by atoms with Gasteiger partial charge in [-0.25, -0.2) is 0 Å². The molecule has 0 fully saturated rings. The summed E-state index contributed by atoms with van der Waals surface area (Å²) in [4.78, 5) is 1.13. The second kappa shape index (κ2) is 5.06. The van der Waals surface area contributed by atoms with Crippen molar-refractivity contribution in [2.24, 2.45) is 0 Å². The lowest BCUT2D eigenvalue weighted by molar-refractivity contribution is 0.282. The van der Waals surface area contributed by atoms with Gasteiger partial charge in [0.2, 0.25) is 0 Å². The highest BCUT2D eigenvalue weighted by molar-refractivity contribution is 7.17. The van der Waals surface area contributed by atoms with Crippen LogP contribution in [0.2, 0.25) is 0 Å². The normalized spacial score (nSPS) is 11.6. The second-order valence-electron chi connectivity index (χ2n) is 3.99. The lowest BCUT2D eigenvalue weighted by atomic mass is 10.1. The zero-order valence-electron chi connectivity index (χ0n) is 9.67. The van der Waals surface area contributed by atoms with Crippen LogP contribution in [0.4, 0.5) is 0 Å².